The van der Waals surface area contributed by atoms with Crippen molar-refractivity contribution in [3.8, 4) is 0 Å². The van der Waals surface area contributed by atoms with Gasteiger partial charge >= 0.3 is 0 Å². The molecule has 0 aromatic heterocycles. The van der Waals surface area contributed by atoms with Gasteiger partial charge in [-0.05, 0) is 25.1 Å². The zero-order valence-electron chi connectivity index (χ0n) is 9.24. The molecule has 0 aliphatic carbocycles. The van der Waals surface area contributed by atoms with Crippen molar-refractivity contribution in [1.29, 1.82) is 0 Å². The van der Waals surface area contributed by atoms with Gasteiger partial charge in [-0.25, -0.2) is 10.2 Å². The highest BCUT2D eigenvalue weighted by Crippen LogP contribution is 2.15. The van der Waals surface area contributed by atoms with Crippen molar-refractivity contribution in [2.24, 2.45) is 5.84 Å². The standard InChI is InChI=1S/C11H16FN3O/c1-2-15(7-6-11(16)14-13)10-5-3-4-9(12)8-10/h3-5,8H,2,6-7,13H2,1H3,(H,14,16). The van der Waals surface area contributed by atoms with Crippen molar-refractivity contribution >= 4 is 11.6 Å². The number of halogens is 1. The van der Waals surface area contributed by atoms with Gasteiger partial charge in [0.05, 0.1) is 0 Å². The number of carbonyl (C=O) groups excluding carboxylic acids is 1. The van der Waals surface area contributed by atoms with Gasteiger partial charge in [0.15, 0.2) is 0 Å². The monoisotopic (exact) mass is 225 g/mol. The molecule has 0 unspecified atom stereocenters. The van der Waals surface area contributed by atoms with Crippen molar-refractivity contribution in [2.75, 3.05) is 18.0 Å². The van der Waals surface area contributed by atoms with Gasteiger partial charge in [0.25, 0.3) is 0 Å². The molecule has 0 heterocycles. The summed E-state index contributed by atoms with van der Waals surface area (Å²) in [4.78, 5) is 12.9. The van der Waals surface area contributed by atoms with E-state index in [4.69, 9.17) is 5.84 Å². The normalized spacial score (nSPS) is 9.94. The van der Waals surface area contributed by atoms with Gasteiger partial charge in [-0.3, -0.25) is 10.2 Å². The van der Waals surface area contributed by atoms with Crippen LogP contribution in [-0.2, 0) is 4.79 Å². The molecule has 0 radical (unpaired) electrons. The van der Waals surface area contributed by atoms with E-state index in [1.54, 1.807) is 6.07 Å². The lowest BCUT2D eigenvalue weighted by Gasteiger charge is -2.22. The molecule has 1 rings (SSSR count). The fourth-order valence-corrected chi connectivity index (χ4v) is 1.45. The van der Waals surface area contributed by atoms with E-state index < -0.39 is 0 Å². The average Bonchev–Trinajstić information content (AvgIpc) is 2.29. The number of rotatable bonds is 5. The Morgan fingerprint density at radius 3 is 2.88 bits per heavy atom. The topological polar surface area (TPSA) is 58.4 Å². The number of hydrogen-bond acceptors (Lipinski definition) is 3. The van der Waals surface area contributed by atoms with Crippen molar-refractivity contribution in [3.63, 3.8) is 0 Å². The molecule has 0 aliphatic rings. The number of nitrogens with two attached hydrogens (primary N) is 1. The van der Waals surface area contributed by atoms with Crippen LogP contribution in [0.1, 0.15) is 13.3 Å². The smallest absolute Gasteiger partial charge is 0.235 e. The zero-order chi connectivity index (χ0) is 12.0. The van der Waals surface area contributed by atoms with Gasteiger partial charge < -0.3 is 4.90 Å². The summed E-state index contributed by atoms with van der Waals surface area (Å²) in [5.74, 6) is 4.48. The molecule has 1 amide bonds. The largest absolute Gasteiger partial charge is 0.371 e. The highest BCUT2D eigenvalue weighted by Gasteiger charge is 2.07. The predicted octanol–water partition coefficient (Wildman–Crippen LogP) is 1.03. The van der Waals surface area contributed by atoms with Gasteiger partial charge in [-0.1, -0.05) is 6.07 Å². The van der Waals surface area contributed by atoms with Crippen LogP contribution in [0.25, 0.3) is 0 Å². The fourth-order valence-electron chi connectivity index (χ4n) is 1.45. The molecule has 1 aromatic rings. The molecule has 3 N–H and O–H groups in total. The Hall–Kier alpha value is -1.62. The van der Waals surface area contributed by atoms with Crippen LogP contribution in [0.4, 0.5) is 10.1 Å². The summed E-state index contributed by atoms with van der Waals surface area (Å²) in [7, 11) is 0. The highest BCUT2D eigenvalue weighted by atomic mass is 19.1. The van der Waals surface area contributed by atoms with Gasteiger partial charge in [0.2, 0.25) is 5.91 Å². The SMILES string of the molecule is CCN(CCC(=O)NN)c1cccc(F)c1. The Kier molecular flexibility index (Phi) is 4.72. The molecule has 0 aliphatic heterocycles. The summed E-state index contributed by atoms with van der Waals surface area (Å²) in [6.07, 6.45) is 0.293. The second kappa shape index (κ2) is 6.07. The maximum Gasteiger partial charge on any atom is 0.235 e. The summed E-state index contributed by atoms with van der Waals surface area (Å²) in [5, 5.41) is 0. The van der Waals surface area contributed by atoms with Crippen LogP contribution < -0.4 is 16.2 Å². The van der Waals surface area contributed by atoms with Crippen LogP contribution in [0, 0.1) is 5.82 Å². The van der Waals surface area contributed by atoms with E-state index in [-0.39, 0.29) is 11.7 Å². The summed E-state index contributed by atoms with van der Waals surface area (Å²) >= 11 is 0. The molecule has 1 aromatic carbocycles. The number of nitrogens with zero attached hydrogens (tertiary/aromatic N) is 1. The molecular formula is C11H16FN3O. The zero-order valence-corrected chi connectivity index (χ0v) is 9.24. The number of benzene rings is 1. The first-order valence-electron chi connectivity index (χ1n) is 5.17. The van der Waals surface area contributed by atoms with Gasteiger partial charge in [0.1, 0.15) is 5.82 Å². The predicted molar refractivity (Wildman–Crippen MR) is 61.2 cm³/mol. The number of anilines is 1. The number of hydrazine groups is 1. The number of nitrogens with one attached hydrogen (secondary N) is 1. The van der Waals surface area contributed by atoms with E-state index in [0.717, 1.165) is 5.69 Å². The maximum absolute atomic E-state index is 13.0. The first-order valence-corrected chi connectivity index (χ1v) is 5.17. The summed E-state index contributed by atoms with van der Waals surface area (Å²) < 4.78 is 13.0. The lowest BCUT2D eigenvalue weighted by atomic mass is 10.2. The molecule has 0 fully saturated rings. The van der Waals surface area contributed by atoms with Crippen molar-refractivity contribution < 1.29 is 9.18 Å². The van der Waals surface area contributed by atoms with E-state index in [9.17, 15) is 9.18 Å². The van der Waals surface area contributed by atoms with E-state index in [1.807, 2.05) is 17.9 Å². The minimum atomic E-state index is -0.278. The minimum Gasteiger partial charge on any atom is -0.371 e. The van der Waals surface area contributed by atoms with Crippen molar-refractivity contribution in [3.05, 3.63) is 30.1 Å². The Morgan fingerprint density at radius 1 is 1.56 bits per heavy atom. The van der Waals surface area contributed by atoms with Crippen LogP contribution in [0.5, 0.6) is 0 Å². The first-order chi connectivity index (χ1) is 7.67. The second-order valence-electron chi connectivity index (χ2n) is 3.38. The lowest BCUT2D eigenvalue weighted by Crippen LogP contribution is -2.34. The number of carbonyl (C=O) groups is 1. The molecule has 0 saturated carbocycles. The quantitative estimate of drug-likeness (QED) is 0.447. The van der Waals surface area contributed by atoms with Crippen LogP contribution in [0.3, 0.4) is 0 Å². The molecule has 0 atom stereocenters. The third-order valence-corrected chi connectivity index (χ3v) is 2.32. The second-order valence-corrected chi connectivity index (χ2v) is 3.38. The van der Waals surface area contributed by atoms with Gasteiger partial charge in [-0.2, -0.15) is 0 Å². The minimum absolute atomic E-state index is 0.227. The van der Waals surface area contributed by atoms with Crippen LogP contribution in [0.2, 0.25) is 0 Å². The molecule has 88 valence electrons. The molecule has 4 nitrogen and oxygen atoms in total. The lowest BCUT2D eigenvalue weighted by molar-refractivity contribution is -0.120. The Morgan fingerprint density at radius 2 is 2.31 bits per heavy atom. The molecule has 0 spiro atoms. The van der Waals surface area contributed by atoms with Crippen LogP contribution >= 0.6 is 0 Å². The number of hydrogen-bond donors (Lipinski definition) is 2. The Bertz CT molecular complexity index is 357. The molecule has 0 saturated heterocycles. The van der Waals surface area contributed by atoms with Crippen LogP contribution in [0.15, 0.2) is 24.3 Å². The third kappa shape index (κ3) is 3.51. The van der Waals surface area contributed by atoms with Crippen molar-refractivity contribution in [1.82, 2.24) is 5.43 Å². The summed E-state index contributed by atoms with van der Waals surface area (Å²) in [5.41, 5.74) is 2.84. The highest BCUT2D eigenvalue weighted by molar-refractivity contribution is 5.75. The Labute approximate surface area is 94.2 Å². The molecule has 0 bridgehead atoms. The van der Waals surface area contributed by atoms with Crippen molar-refractivity contribution in [2.45, 2.75) is 13.3 Å². The first kappa shape index (κ1) is 12.4. The van der Waals surface area contributed by atoms with E-state index in [0.29, 0.717) is 19.5 Å². The average molecular weight is 225 g/mol. The van der Waals surface area contributed by atoms with Gasteiger partial charge in [0, 0.05) is 25.2 Å². The van der Waals surface area contributed by atoms with Crippen LogP contribution in [-0.4, -0.2) is 19.0 Å². The van der Waals surface area contributed by atoms with Gasteiger partial charge in [-0.15, -0.1) is 0 Å². The fraction of sp³-hybridized carbons (Fsp3) is 0.364. The third-order valence-electron chi connectivity index (χ3n) is 2.32. The summed E-state index contributed by atoms with van der Waals surface area (Å²) in [6, 6.07) is 6.30. The maximum atomic E-state index is 13.0. The Balaban J connectivity index is 2.64. The molecule has 16 heavy (non-hydrogen) atoms. The van der Waals surface area contributed by atoms with E-state index in [2.05, 4.69) is 5.43 Å². The molecular weight excluding hydrogens is 209 g/mol. The van der Waals surface area contributed by atoms with E-state index >= 15 is 0 Å². The summed E-state index contributed by atoms with van der Waals surface area (Å²) in [6.45, 7) is 3.18. The van der Waals surface area contributed by atoms with E-state index in [1.165, 1.54) is 12.1 Å². The molecule has 5 heteroatoms. The number of amides is 1.